The lowest BCUT2D eigenvalue weighted by Crippen LogP contribution is -2.44. The molecule has 1 heterocycles. The van der Waals surface area contributed by atoms with Gasteiger partial charge in [-0.1, -0.05) is 18.6 Å². The molecule has 0 saturated carbocycles. The quantitative estimate of drug-likeness (QED) is 0.831. The van der Waals surface area contributed by atoms with Gasteiger partial charge in [0.1, 0.15) is 4.90 Å². The van der Waals surface area contributed by atoms with Crippen molar-refractivity contribution < 1.29 is 13.5 Å². The summed E-state index contributed by atoms with van der Waals surface area (Å²) >= 11 is 0. The fraction of sp³-hybridized carbons (Fsp3) is 0.600. The molecule has 3 N–H and O–H groups in total. The molecule has 1 aromatic carbocycles. The van der Waals surface area contributed by atoms with Gasteiger partial charge in [-0.3, -0.25) is 0 Å². The number of nitrogen functional groups attached to an aromatic ring is 1. The van der Waals surface area contributed by atoms with Gasteiger partial charge in [0.2, 0.25) is 10.0 Å². The summed E-state index contributed by atoms with van der Waals surface area (Å²) in [6, 6.07) is 3.50. The zero-order valence-corrected chi connectivity index (χ0v) is 13.5. The van der Waals surface area contributed by atoms with Crippen molar-refractivity contribution >= 4 is 15.7 Å². The minimum absolute atomic E-state index is 0.00102. The van der Waals surface area contributed by atoms with E-state index in [2.05, 4.69) is 0 Å². The number of nitrogens with two attached hydrogens (primary N) is 1. The van der Waals surface area contributed by atoms with Gasteiger partial charge >= 0.3 is 0 Å². The van der Waals surface area contributed by atoms with Crippen molar-refractivity contribution in [2.75, 3.05) is 18.9 Å². The third-order valence-electron chi connectivity index (χ3n) is 4.21. The first-order chi connectivity index (χ1) is 9.89. The highest BCUT2D eigenvalue weighted by molar-refractivity contribution is 7.89. The van der Waals surface area contributed by atoms with Crippen molar-refractivity contribution in [3.05, 3.63) is 23.3 Å². The molecule has 0 bridgehead atoms. The predicted molar refractivity (Wildman–Crippen MR) is 83.6 cm³/mol. The zero-order chi connectivity index (χ0) is 15.6. The van der Waals surface area contributed by atoms with Gasteiger partial charge in [0.15, 0.2) is 0 Å². The van der Waals surface area contributed by atoms with Crippen LogP contribution in [0.2, 0.25) is 0 Å². The van der Waals surface area contributed by atoms with Crippen LogP contribution in [0.1, 0.15) is 36.8 Å². The number of nitrogens with zero attached hydrogens (tertiary/aromatic N) is 1. The molecule has 1 fully saturated rings. The summed E-state index contributed by atoms with van der Waals surface area (Å²) in [4.78, 5) is 0.229. The second-order valence-electron chi connectivity index (χ2n) is 5.72. The maximum Gasteiger partial charge on any atom is 0.245 e. The molecule has 2 rings (SSSR count). The summed E-state index contributed by atoms with van der Waals surface area (Å²) in [7, 11) is -3.62. The van der Waals surface area contributed by atoms with E-state index in [-0.39, 0.29) is 17.5 Å². The Kier molecular flexibility index (Phi) is 4.91. The molecular weight excluding hydrogens is 288 g/mol. The highest BCUT2D eigenvalue weighted by Gasteiger charge is 2.35. The third kappa shape index (κ3) is 3.07. The number of benzene rings is 1. The summed E-state index contributed by atoms with van der Waals surface area (Å²) < 4.78 is 27.6. The van der Waals surface area contributed by atoms with E-state index in [0.29, 0.717) is 24.2 Å². The number of aliphatic hydroxyl groups is 1. The Hall–Kier alpha value is -1.11. The van der Waals surface area contributed by atoms with Gasteiger partial charge in [0.25, 0.3) is 0 Å². The van der Waals surface area contributed by atoms with Crippen molar-refractivity contribution in [2.24, 2.45) is 0 Å². The Morgan fingerprint density at radius 1 is 1.29 bits per heavy atom. The van der Waals surface area contributed by atoms with E-state index in [4.69, 9.17) is 5.73 Å². The van der Waals surface area contributed by atoms with E-state index in [1.165, 1.54) is 4.31 Å². The molecular formula is C15H24N2O3S. The van der Waals surface area contributed by atoms with Crippen molar-refractivity contribution in [1.29, 1.82) is 0 Å². The number of anilines is 1. The standard InChI is InChI=1S/C15H24N2O3S/c1-11-6-7-12(2)15(14(11)16)21(19,20)17-9-4-3-5-13(17)8-10-18/h6-7,13,18H,3-5,8-10,16H2,1-2H3. The van der Waals surface area contributed by atoms with Gasteiger partial charge in [-0.25, -0.2) is 8.42 Å². The summed E-state index contributed by atoms with van der Waals surface area (Å²) in [5, 5.41) is 9.18. The number of aryl methyl sites for hydroxylation is 2. The Bertz CT molecular complexity index is 612. The van der Waals surface area contributed by atoms with Crippen LogP contribution in [0.5, 0.6) is 0 Å². The molecule has 6 heteroatoms. The lowest BCUT2D eigenvalue weighted by atomic mass is 10.0. The first-order valence-electron chi connectivity index (χ1n) is 7.38. The molecule has 5 nitrogen and oxygen atoms in total. The molecule has 1 atom stereocenters. The monoisotopic (exact) mass is 312 g/mol. The number of aliphatic hydroxyl groups excluding tert-OH is 1. The molecule has 0 amide bonds. The van der Waals surface area contributed by atoms with Crippen LogP contribution in [-0.4, -0.2) is 37.0 Å². The van der Waals surface area contributed by atoms with Crippen molar-refractivity contribution in [3.63, 3.8) is 0 Å². The molecule has 1 aliphatic heterocycles. The van der Waals surface area contributed by atoms with E-state index < -0.39 is 10.0 Å². The third-order valence-corrected chi connectivity index (χ3v) is 6.37. The van der Waals surface area contributed by atoms with Crippen molar-refractivity contribution in [1.82, 2.24) is 4.31 Å². The molecule has 0 aliphatic carbocycles. The minimum atomic E-state index is -3.62. The number of hydrogen-bond donors (Lipinski definition) is 2. The topological polar surface area (TPSA) is 83.6 Å². The minimum Gasteiger partial charge on any atom is -0.397 e. The Morgan fingerprint density at radius 2 is 1.95 bits per heavy atom. The lowest BCUT2D eigenvalue weighted by molar-refractivity contribution is 0.192. The Morgan fingerprint density at radius 3 is 2.62 bits per heavy atom. The van der Waals surface area contributed by atoms with Crippen LogP contribution >= 0.6 is 0 Å². The van der Waals surface area contributed by atoms with Crippen LogP contribution in [0.15, 0.2) is 17.0 Å². The number of rotatable bonds is 4. The molecule has 21 heavy (non-hydrogen) atoms. The average Bonchev–Trinajstić information content (AvgIpc) is 2.44. The highest BCUT2D eigenvalue weighted by Crippen LogP contribution is 2.33. The molecule has 118 valence electrons. The van der Waals surface area contributed by atoms with Gasteiger partial charge in [0.05, 0.1) is 5.69 Å². The summed E-state index contributed by atoms with van der Waals surface area (Å²) in [6.07, 6.45) is 3.12. The predicted octanol–water partition coefficient (Wildman–Crippen LogP) is 1.81. The number of hydrogen-bond acceptors (Lipinski definition) is 4. The molecule has 1 aliphatic rings. The van der Waals surface area contributed by atoms with E-state index >= 15 is 0 Å². The Balaban J connectivity index is 2.48. The Labute approximate surface area is 126 Å². The summed E-state index contributed by atoms with van der Waals surface area (Å²) in [5.74, 6) is 0. The highest BCUT2D eigenvalue weighted by atomic mass is 32.2. The second kappa shape index (κ2) is 6.34. The molecule has 0 spiro atoms. The fourth-order valence-electron chi connectivity index (χ4n) is 2.99. The van der Waals surface area contributed by atoms with Crippen LogP contribution in [0.25, 0.3) is 0 Å². The molecule has 0 aromatic heterocycles. The summed E-state index contributed by atoms with van der Waals surface area (Å²) in [6.45, 7) is 4.08. The van der Waals surface area contributed by atoms with Crippen LogP contribution in [0, 0.1) is 13.8 Å². The smallest absolute Gasteiger partial charge is 0.245 e. The van der Waals surface area contributed by atoms with E-state index in [1.54, 1.807) is 13.0 Å². The zero-order valence-electron chi connectivity index (χ0n) is 12.7. The molecule has 1 unspecified atom stereocenters. The van der Waals surface area contributed by atoms with Gasteiger partial charge in [-0.05, 0) is 44.2 Å². The van der Waals surface area contributed by atoms with Crippen LogP contribution in [0.3, 0.4) is 0 Å². The second-order valence-corrected chi connectivity index (χ2v) is 7.55. The van der Waals surface area contributed by atoms with Gasteiger partial charge in [-0.2, -0.15) is 4.31 Å². The number of piperidine rings is 1. The van der Waals surface area contributed by atoms with Crippen molar-refractivity contribution in [3.8, 4) is 0 Å². The normalized spacial score (nSPS) is 20.6. The lowest BCUT2D eigenvalue weighted by Gasteiger charge is -2.35. The molecule has 0 radical (unpaired) electrons. The largest absolute Gasteiger partial charge is 0.397 e. The number of sulfonamides is 1. The van der Waals surface area contributed by atoms with Gasteiger partial charge in [0, 0.05) is 19.2 Å². The first kappa shape index (κ1) is 16.3. The van der Waals surface area contributed by atoms with Gasteiger partial charge in [-0.15, -0.1) is 0 Å². The maximum absolute atomic E-state index is 13.0. The van der Waals surface area contributed by atoms with Crippen molar-refractivity contribution in [2.45, 2.75) is 50.5 Å². The van der Waals surface area contributed by atoms with Crippen LogP contribution in [0.4, 0.5) is 5.69 Å². The average molecular weight is 312 g/mol. The fourth-order valence-corrected chi connectivity index (χ4v) is 5.12. The van der Waals surface area contributed by atoms with E-state index in [1.807, 2.05) is 13.0 Å². The van der Waals surface area contributed by atoms with Crippen LogP contribution in [-0.2, 0) is 10.0 Å². The molecule has 1 aromatic rings. The molecule has 1 saturated heterocycles. The van der Waals surface area contributed by atoms with E-state index in [0.717, 1.165) is 24.8 Å². The first-order valence-corrected chi connectivity index (χ1v) is 8.82. The van der Waals surface area contributed by atoms with Gasteiger partial charge < -0.3 is 10.8 Å². The maximum atomic E-state index is 13.0. The summed E-state index contributed by atoms with van der Waals surface area (Å²) in [5.41, 5.74) is 7.82. The SMILES string of the molecule is Cc1ccc(C)c(S(=O)(=O)N2CCCCC2CCO)c1N. The van der Waals surface area contributed by atoms with E-state index in [9.17, 15) is 13.5 Å². The van der Waals surface area contributed by atoms with Crippen LogP contribution < -0.4 is 5.73 Å².